The summed E-state index contributed by atoms with van der Waals surface area (Å²) in [5.41, 5.74) is 0.858. The summed E-state index contributed by atoms with van der Waals surface area (Å²) in [5.74, 6) is 1.15. The summed E-state index contributed by atoms with van der Waals surface area (Å²) in [5, 5.41) is 8.92. The summed E-state index contributed by atoms with van der Waals surface area (Å²) in [6, 6.07) is 13.2. The second-order valence-electron chi connectivity index (χ2n) is 4.31. The van der Waals surface area contributed by atoms with Gasteiger partial charge in [-0.15, -0.1) is 0 Å². The summed E-state index contributed by atoms with van der Waals surface area (Å²) in [6.07, 6.45) is 0.735. The zero-order valence-corrected chi connectivity index (χ0v) is 11.1. The highest BCUT2D eigenvalue weighted by Gasteiger charge is 1.97. The van der Waals surface area contributed by atoms with Crippen LogP contribution in [0.2, 0.25) is 0 Å². The summed E-state index contributed by atoms with van der Waals surface area (Å²) < 4.78 is 23.7. The fourth-order valence-corrected chi connectivity index (χ4v) is 1.66. The average Bonchev–Trinajstić information content (AvgIpc) is 2.49. The lowest BCUT2D eigenvalue weighted by atomic mass is 10.2. The minimum atomic E-state index is -0.271. The molecule has 0 saturated heterocycles. The topological polar surface area (TPSA) is 38.7 Å². The number of hydrogen-bond acceptors (Lipinski definition) is 3. The number of hydrogen-bond donors (Lipinski definition) is 1. The van der Waals surface area contributed by atoms with Crippen LogP contribution in [0.3, 0.4) is 0 Å². The monoisotopic (exact) mass is 276 g/mol. The first-order valence-corrected chi connectivity index (χ1v) is 6.49. The van der Waals surface area contributed by atoms with Gasteiger partial charge in [-0.1, -0.05) is 12.1 Å². The van der Waals surface area contributed by atoms with Crippen molar-refractivity contribution in [2.75, 3.05) is 13.2 Å². The van der Waals surface area contributed by atoms with Gasteiger partial charge in [0, 0.05) is 6.42 Å². The van der Waals surface area contributed by atoms with E-state index in [1.807, 2.05) is 24.3 Å². The molecule has 0 amide bonds. The van der Waals surface area contributed by atoms with Crippen LogP contribution in [0.25, 0.3) is 0 Å². The van der Waals surface area contributed by atoms with Gasteiger partial charge in [0.25, 0.3) is 0 Å². The lowest BCUT2D eigenvalue weighted by Gasteiger charge is -2.08. The van der Waals surface area contributed by atoms with E-state index in [0.717, 1.165) is 17.7 Å². The molecule has 0 atom stereocenters. The van der Waals surface area contributed by atoms with Gasteiger partial charge in [0.05, 0.1) is 19.8 Å². The molecular formula is C16H17FO3. The second-order valence-corrected chi connectivity index (χ2v) is 4.31. The third-order valence-electron chi connectivity index (χ3n) is 2.75. The van der Waals surface area contributed by atoms with Gasteiger partial charge < -0.3 is 14.6 Å². The predicted octanol–water partition coefficient (Wildman–Crippen LogP) is 3.17. The molecule has 2 aromatic carbocycles. The Morgan fingerprint density at radius 3 is 1.80 bits per heavy atom. The van der Waals surface area contributed by atoms with Crippen molar-refractivity contribution >= 4 is 0 Å². The van der Waals surface area contributed by atoms with E-state index >= 15 is 0 Å². The zero-order chi connectivity index (χ0) is 14.2. The van der Waals surface area contributed by atoms with Crippen molar-refractivity contribution in [3.05, 3.63) is 59.9 Å². The maximum Gasteiger partial charge on any atom is 0.123 e. The molecule has 0 saturated carbocycles. The van der Waals surface area contributed by atoms with Crippen LogP contribution in [0.15, 0.2) is 48.5 Å². The van der Waals surface area contributed by atoms with Crippen LogP contribution in [-0.4, -0.2) is 18.3 Å². The van der Waals surface area contributed by atoms with Gasteiger partial charge in [-0.2, -0.15) is 0 Å². The van der Waals surface area contributed by atoms with E-state index in [4.69, 9.17) is 14.6 Å². The predicted molar refractivity (Wildman–Crippen MR) is 74.4 cm³/mol. The molecule has 0 aromatic heterocycles. The van der Waals surface area contributed by atoms with Crippen molar-refractivity contribution in [1.82, 2.24) is 0 Å². The molecule has 106 valence electrons. The normalized spacial score (nSPS) is 10.3. The molecule has 0 fully saturated rings. The van der Waals surface area contributed by atoms with E-state index in [1.165, 1.54) is 12.1 Å². The number of rotatable bonds is 7. The van der Waals surface area contributed by atoms with E-state index in [2.05, 4.69) is 0 Å². The van der Waals surface area contributed by atoms with Gasteiger partial charge in [-0.05, 0) is 42.0 Å². The van der Waals surface area contributed by atoms with Crippen LogP contribution in [0.5, 0.6) is 11.5 Å². The van der Waals surface area contributed by atoms with Crippen molar-refractivity contribution in [1.29, 1.82) is 0 Å². The molecule has 0 bridgehead atoms. The van der Waals surface area contributed by atoms with E-state index in [9.17, 15) is 4.39 Å². The lowest BCUT2D eigenvalue weighted by Crippen LogP contribution is -2.05. The van der Waals surface area contributed by atoms with Crippen molar-refractivity contribution < 1.29 is 19.0 Å². The van der Waals surface area contributed by atoms with Crippen LogP contribution in [0, 0.1) is 5.82 Å². The maximum absolute atomic E-state index is 12.7. The zero-order valence-electron chi connectivity index (χ0n) is 11.1. The highest BCUT2D eigenvalue weighted by Crippen LogP contribution is 2.13. The molecule has 4 heteroatoms. The number of ether oxygens (including phenoxy) is 2. The third-order valence-corrected chi connectivity index (χ3v) is 2.75. The highest BCUT2D eigenvalue weighted by atomic mass is 19.1. The van der Waals surface area contributed by atoms with Gasteiger partial charge in [-0.3, -0.25) is 0 Å². The largest absolute Gasteiger partial charge is 0.493 e. The van der Waals surface area contributed by atoms with Gasteiger partial charge in [0.1, 0.15) is 17.3 Å². The Kier molecular flexibility index (Phi) is 5.38. The molecule has 2 rings (SSSR count). The van der Waals surface area contributed by atoms with E-state index in [1.54, 1.807) is 12.1 Å². The minimum absolute atomic E-state index is 0.0335. The molecule has 0 aliphatic rings. The summed E-state index contributed by atoms with van der Waals surface area (Å²) >= 11 is 0. The number of aliphatic hydroxyl groups excluding tert-OH is 1. The Hall–Kier alpha value is -2.07. The van der Waals surface area contributed by atoms with Crippen LogP contribution in [0.4, 0.5) is 4.39 Å². The maximum atomic E-state index is 12.7. The second kappa shape index (κ2) is 7.50. The van der Waals surface area contributed by atoms with E-state index in [-0.39, 0.29) is 12.4 Å². The Morgan fingerprint density at radius 1 is 0.800 bits per heavy atom. The first-order valence-electron chi connectivity index (χ1n) is 6.49. The quantitative estimate of drug-likeness (QED) is 0.789. The van der Waals surface area contributed by atoms with Crippen LogP contribution in [0.1, 0.15) is 12.0 Å². The van der Waals surface area contributed by atoms with Crippen molar-refractivity contribution in [3.63, 3.8) is 0 Å². The number of halogens is 1. The summed E-state index contributed by atoms with van der Waals surface area (Å²) in [6.45, 7) is 1.09. The molecule has 0 aliphatic carbocycles. The molecule has 0 aliphatic heterocycles. The van der Waals surface area contributed by atoms with Crippen LogP contribution < -0.4 is 9.47 Å². The molecule has 1 N–H and O–H groups in total. The Labute approximate surface area is 117 Å². The smallest absolute Gasteiger partial charge is 0.123 e. The Morgan fingerprint density at radius 2 is 1.30 bits per heavy atom. The first kappa shape index (κ1) is 14.3. The van der Waals surface area contributed by atoms with Crippen molar-refractivity contribution in [2.24, 2.45) is 0 Å². The third kappa shape index (κ3) is 4.55. The van der Waals surface area contributed by atoms with Gasteiger partial charge >= 0.3 is 0 Å². The molecule has 0 unspecified atom stereocenters. The highest BCUT2D eigenvalue weighted by molar-refractivity contribution is 5.26. The number of aliphatic hydroxyl groups is 1. The fraction of sp³-hybridized carbons (Fsp3) is 0.250. The molecule has 0 spiro atoms. The average molecular weight is 276 g/mol. The Bertz CT molecular complexity index is 508. The van der Waals surface area contributed by atoms with Gasteiger partial charge in [-0.25, -0.2) is 4.39 Å². The first-order chi connectivity index (χ1) is 9.78. The van der Waals surface area contributed by atoms with E-state index in [0.29, 0.717) is 19.0 Å². The van der Waals surface area contributed by atoms with Crippen LogP contribution >= 0.6 is 0 Å². The standard InChI is InChI=1S/C16H17FO3/c17-14-4-8-16(9-5-14)20-11-1-10-19-15-6-2-13(12-18)3-7-15/h2-9,18H,1,10-12H2. The molecule has 20 heavy (non-hydrogen) atoms. The van der Waals surface area contributed by atoms with Crippen molar-refractivity contribution in [2.45, 2.75) is 13.0 Å². The SMILES string of the molecule is OCc1ccc(OCCCOc2ccc(F)cc2)cc1. The summed E-state index contributed by atoms with van der Waals surface area (Å²) in [4.78, 5) is 0. The van der Waals surface area contributed by atoms with Crippen LogP contribution in [-0.2, 0) is 6.61 Å². The fourth-order valence-electron chi connectivity index (χ4n) is 1.66. The summed E-state index contributed by atoms with van der Waals surface area (Å²) in [7, 11) is 0. The molecular weight excluding hydrogens is 259 g/mol. The molecule has 0 heterocycles. The molecule has 3 nitrogen and oxygen atoms in total. The van der Waals surface area contributed by atoms with Crippen molar-refractivity contribution in [3.8, 4) is 11.5 Å². The minimum Gasteiger partial charge on any atom is -0.493 e. The van der Waals surface area contributed by atoms with E-state index < -0.39 is 0 Å². The van der Waals surface area contributed by atoms with Gasteiger partial charge in [0.15, 0.2) is 0 Å². The molecule has 2 aromatic rings. The molecule has 0 radical (unpaired) electrons. The van der Waals surface area contributed by atoms with Gasteiger partial charge in [0.2, 0.25) is 0 Å². The lowest BCUT2D eigenvalue weighted by molar-refractivity contribution is 0.247. The number of benzene rings is 2. The Balaban J connectivity index is 1.64.